The Morgan fingerprint density at radius 3 is 2.41 bits per heavy atom. The molecule has 0 saturated heterocycles. The molecule has 0 unspecified atom stereocenters. The number of hydrogen-bond acceptors (Lipinski definition) is 5. The number of amides is 2. The Bertz CT molecular complexity index is 872. The van der Waals surface area contributed by atoms with Gasteiger partial charge in [0, 0.05) is 29.4 Å². The number of nitrogens with zero attached hydrogens (tertiary/aromatic N) is 1. The van der Waals surface area contributed by atoms with E-state index < -0.39 is 5.82 Å². The highest BCUT2D eigenvalue weighted by atomic mass is 32.2. The summed E-state index contributed by atoms with van der Waals surface area (Å²) in [6.07, 6.45) is 0. The van der Waals surface area contributed by atoms with Crippen molar-refractivity contribution >= 4 is 46.1 Å². The maximum Gasteiger partial charge on any atom is 0.286 e. The number of Topliss-reactive ketones (excluding diaryl/α,β-unsaturated/α-hetero) is 1. The fraction of sp³-hybridized carbons (Fsp3) is 0.211. The second kappa shape index (κ2) is 9.57. The summed E-state index contributed by atoms with van der Waals surface area (Å²) < 4.78 is 14.0. The summed E-state index contributed by atoms with van der Waals surface area (Å²) in [5, 5.41) is 2.59. The fourth-order valence-corrected chi connectivity index (χ4v) is 3.48. The van der Waals surface area contributed by atoms with Gasteiger partial charge in [0.25, 0.3) is 5.24 Å². The SMILES string of the molecule is CC(=O)c1ccc(SCC(=O)Nc2ccccc2SC(=O)N(C)C)c(F)c1. The van der Waals surface area contributed by atoms with Crippen LogP contribution < -0.4 is 5.32 Å². The largest absolute Gasteiger partial charge is 0.339 e. The Morgan fingerprint density at radius 2 is 1.78 bits per heavy atom. The Kier molecular flexibility index (Phi) is 7.44. The molecular formula is C19H19FN2O3S2. The van der Waals surface area contributed by atoms with Gasteiger partial charge in [0.15, 0.2) is 5.78 Å². The number of para-hydroxylation sites is 1. The predicted octanol–water partition coefficient (Wildman–Crippen LogP) is 4.53. The first kappa shape index (κ1) is 21.0. The Labute approximate surface area is 165 Å². The third kappa shape index (κ3) is 6.11. The standard InChI is InChI=1S/C19H19FN2O3S2/c1-12(23)13-8-9-16(14(20)10-13)26-11-18(24)21-15-6-4-5-7-17(15)27-19(25)22(2)3/h4-10H,11H2,1-3H3,(H,21,24). The normalized spacial score (nSPS) is 10.4. The minimum Gasteiger partial charge on any atom is -0.339 e. The van der Waals surface area contributed by atoms with Gasteiger partial charge in [-0.05, 0) is 43.0 Å². The van der Waals surface area contributed by atoms with E-state index in [-0.39, 0.29) is 28.2 Å². The van der Waals surface area contributed by atoms with Crippen LogP contribution in [0, 0.1) is 5.82 Å². The summed E-state index contributed by atoms with van der Waals surface area (Å²) >= 11 is 2.05. The third-order valence-corrected chi connectivity index (χ3v) is 5.59. The molecule has 8 heteroatoms. The van der Waals surface area contributed by atoms with E-state index in [1.54, 1.807) is 38.4 Å². The molecule has 2 amide bonds. The van der Waals surface area contributed by atoms with E-state index in [1.165, 1.54) is 30.0 Å². The summed E-state index contributed by atoms with van der Waals surface area (Å²) in [6, 6.07) is 11.2. The molecule has 1 N–H and O–H groups in total. The van der Waals surface area contributed by atoms with Gasteiger partial charge in [-0.25, -0.2) is 4.39 Å². The molecule has 0 saturated carbocycles. The number of nitrogens with one attached hydrogen (secondary N) is 1. The van der Waals surface area contributed by atoms with Gasteiger partial charge >= 0.3 is 0 Å². The molecule has 0 aliphatic rings. The van der Waals surface area contributed by atoms with Crippen LogP contribution in [-0.4, -0.2) is 41.7 Å². The number of thioether (sulfide) groups is 2. The molecule has 27 heavy (non-hydrogen) atoms. The molecule has 0 atom stereocenters. The van der Waals surface area contributed by atoms with Crippen molar-refractivity contribution < 1.29 is 18.8 Å². The van der Waals surface area contributed by atoms with E-state index in [1.807, 2.05) is 0 Å². The third-order valence-electron chi connectivity index (χ3n) is 3.42. The molecule has 2 aromatic carbocycles. The molecule has 142 valence electrons. The molecule has 2 aromatic rings. The van der Waals surface area contributed by atoms with Gasteiger partial charge in [0.2, 0.25) is 5.91 Å². The summed E-state index contributed by atoms with van der Waals surface area (Å²) in [7, 11) is 3.30. The van der Waals surface area contributed by atoms with Gasteiger partial charge < -0.3 is 10.2 Å². The summed E-state index contributed by atoms with van der Waals surface area (Å²) in [5.74, 6) is -1.07. The average molecular weight is 407 g/mol. The summed E-state index contributed by atoms with van der Waals surface area (Å²) in [5.41, 5.74) is 0.813. The van der Waals surface area contributed by atoms with Crippen molar-refractivity contribution in [2.45, 2.75) is 16.7 Å². The van der Waals surface area contributed by atoms with Crippen molar-refractivity contribution in [1.29, 1.82) is 0 Å². The number of hydrogen-bond donors (Lipinski definition) is 1. The van der Waals surface area contributed by atoms with Gasteiger partial charge in [-0.3, -0.25) is 14.4 Å². The number of carbonyl (C=O) groups excluding carboxylic acids is 3. The Morgan fingerprint density at radius 1 is 1.07 bits per heavy atom. The number of halogens is 1. The first-order chi connectivity index (χ1) is 12.8. The van der Waals surface area contributed by atoms with Crippen molar-refractivity contribution in [3.05, 3.63) is 53.8 Å². The van der Waals surface area contributed by atoms with Gasteiger partial charge in [0.1, 0.15) is 5.82 Å². The number of carbonyl (C=O) groups is 3. The lowest BCUT2D eigenvalue weighted by atomic mass is 10.1. The highest BCUT2D eigenvalue weighted by Gasteiger charge is 2.14. The lowest BCUT2D eigenvalue weighted by Crippen LogP contribution is -2.17. The van der Waals surface area contributed by atoms with Crippen LogP contribution in [-0.2, 0) is 4.79 Å². The van der Waals surface area contributed by atoms with Crippen LogP contribution in [0.3, 0.4) is 0 Å². The molecule has 0 fully saturated rings. The average Bonchev–Trinajstić information content (AvgIpc) is 2.62. The number of benzene rings is 2. The minimum absolute atomic E-state index is 0.00301. The highest BCUT2D eigenvalue weighted by molar-refractivity contribution is 8.13. The molecule has 5 nitrogen and oxygen atoms in total. The maximum atomic E-state index is 14.0. The van der Waals surface area contributed by atoms with Crippen LogP contribution in [0.2, 0.25) is 0 Å². The minimum atomic E-state index is -0.534. The van der Waals surface area contributed by atoms with Crippen LogP contribution in [0.4, 0.5) is 14.9 Å². The lowest BCUT2D eigenvalue weighted by molar-refractivity contribution is -0.113. The molecule has 0 bridgehead atoms. The lowest BCUT2D eigenvalue weighted by Gasteiger charge is -2.13. The quantitative estimate of drug-likeness (QED) is 0.564. The van der Waals surface area contributed by atoms with E-state index in [2.05, 4.69) is 5.32 Å². The van der Waals surface area contributed by atoms with Crippen LogP contribution in [0.5, 0.6) is 0 Å². The van der Waals surface area contributed by atoms with E-state index in [0.717, 1.165) is 23.5 Å². The molecule has 0 heterocycles. The molecule has 0 radical (unpaired) electrons. The molecule has 0 spiro atoms. The van der Waals surface area contributed by atoms with Gasteiger partial charge in [0.05, 0.1) is 11.4 Å². The van der Waals surface area contributed by atoms with Crippen LogP contribution in [0.1, 0.15) is 17.3 Å². The second-order valence-corrected chi connectivity index (χ2v) is 7.81. The van der Waals surface area contributed by atoms with E-state index in [4.69, 9.17) is 0 Å². The Hall–Kier alpha value is -2.32. The first-order valence-electron chi connectivity index (χ1n) is 7.99. The number of ketones is 1. The zero-order chi connectivity index (χ0) is 20.0. The van der Waals surface area contributed by atoms with Crippen molar-refractivity contribution in [1.82, 2.24) is 4.90 Å². The van der Waals surface area contributed by atoms with Crippen LogP contribution >= 0.6 is 23.5 Å². The van der Waals surface area contributed by atoms with Gasteiger partial charge in [-0.1, -0.05) is 18.2 Å². The molecule has 0 aromatic heterocycles. The van der Waals surface area contributed by atoms with Crippen LogP contribution in [0.25, 0.3) is 0 Å². The van der Waals surface area contributed by atoms with Crippen LogP contribution in [0.15, 0.2) is 52.3 Å². The first-order valence-corrected chi connectivity index (χ1v) is 9.79. The topological polar surface area (TPSA) is 66.5 Å². The zero-order valence-electron chi connectivity index (χ0n) is 15.1. The number of rotatable bonds is 6. The van der Waals surface area contributed by atoms with E-state index >= 15 is 0 Å². The molecule has 0 aliphatic heterocycles. The zero-order valence-corrected chi connectivity index (χ0v) is 16.7. The van der Waals surface area contributed by atoms with Crippen molar-refractivity contribution in [2.75, 3.05) is 25.2 Å². The summed E-state index contributed by atoms with van der Waals surface area (Å²) in [4.78, 5) is 37.7. The van der Waals surface area contributed by atoms with Crippen molar-refractivity contribution in [2.24, 2.45) is 0 Å². The second-order valence-electron chi connectivity index (χ2n) is 5.80. The van der Waals surface area contributed by atoms with Gasteiger partial charge in [-0.2, -0.15) is 0 Å². The van der Waals surface area contributed by atoms with Crippen molar-refractivity contribution in [3.8, 4) is 0 Å². The van der Waals surface area contributed by atoms with Crippen molar-refractivity contribution in [3.63, 3.8) is 0 Å². The van der Waals surface area contributed by atoms with E-state index in [0.29, 0.717) is 15.5 Å². The molecule has 0 aliphatic carbocycles. The maximum absolute atomic E-state index is 14.0. The summed E-state index contributed by atoms with van der Waals surface area (Å²) in [6.45, 7) is 1.37. The fourth-order valence-electron chi connectivity index (χ4n) is 2.01. The number of anilines is 1. The highest BCUT2D eigenvalue weighted by Crippen LogP contribution is 2.29. The Balaban J connectivity index is 2.00. The monoisotopic (exact) mass is 406 g/mol. The molecular weight excluding hydrogens is 387 g/mol. The van der Waals surface area contributed by atoms with E-state index in [9.17, 15) is 18.8 Å². The molecule has 2 rings (SSSR count). The predicted molar refractivity (Wildman–Crippen MR) is 107 cm³/mol. The smallest absolute Gasteiger partial charge is 0.286 e. The van der Waals surface area contributed by atoms with Gasteiger partial charge in [-0.15, -0.1) is 11.8 Å².